The van der Waals surface area contributed by atoms with Gasteiger partial charge >= 0.3 is 0 Å². The monoisotopic (exact) mass is 262 g/mol. The van der Waals surface area contributed by atoms with Crippen LogP contribution in [0.25, 0.3) is 0 Å². The number of nitrogens with zero attached hydrogens (tertiary/aromatic N) is 1. The van der Waals surface area contributed by atoms with Crippen LogP contribution in [0.4, 0.5) is 0 Å². The molecule has 0 spiro atoms. The maximum absolute atomic E-state index is 12.5. The van der Waals surface area contributed by atoms with E-state index < -0.39 is 6.04 Å². The summed E-state index contributed by atoms with van der Waals surface area (Å²) in [6.07, 6.45) is 2.16. The predicted molar refractivity (Wildman–Crippen MR) is 74.7 cm³/mol. The minimum atomic E-state index is -0.571. The molecular formula is C15H22N2O2. The second-order valence-electron chi connectivity index (χ2n) is 5.14. The quantitative estimate of drug-likeness (QED) is 0.847. The molecule has 2 rings (SSSR count). The van der Waals surface area contributed by atoms with E-state index in [0.717, 1.165) is 18.4 Å². The fourth-order valence-electron chi connectivity index (χ4n) is 2.14. The summed E-state index contributed by atoms with van der Waals surface area (Å²) in [5.41, 5.74) is 8.14. The molecule has 0 radical (unpaired) electrons. The Balaban J connectivity index is 2.05. The lowest BCUT2D eigenvalue weighted by Gasteiger charge is -2.25. The zero-order valence-electron chi connectivity index (χ0n) is 11.6. The van der Waals surface area contributed by atoms with Gasteiger partial charge in [0.05, 0.1) is 6.61 Å². The van der Waals surface area contributed by atoms with Crippen LogP contribution in [0.3, 0.4) is 0 Å². The van der Waals surface area contributed by atoms with Crippen molar-refractivity contribution in [3.8, 4) is 0 Å². The van der Waals surface area contributed by atoms with Crippen LogP contribution in [0.15, 0.2) is 24.3 Å². The second-order valence-corrected chi connectivity index (χ2v) is 5.14. The third kappa shape index (κ3) is 3.55. The lowest BCUT2D eigenvalue weighted by Crippen LogP contribution is -2.41. The van der Waals surface area contributed by atoms with Gasteiger partial charge in [-0.05, 0) is 25.3 Å². The average Bonchev–Trinajstić information content (AvgIpc) is 3.23. The first kappa shape index (κ1) is 14.0. The molecule has 1 aromatic rings. The molecule has 4 nitrogen and oxygen atoms in total. The normalized spacial score (nSPS) is 16.2. The summed E-state index contributed by atoms with van der Waals surface area (Å²) in [5, 5.41) is 0. The van der Waals surface area contributed by atoms with E-state index in [1.807, 2.05) is 36.1 Å². The maximum atomic E-state index is 12.5. The zero-order chi connectivity index (χ0) is 13.8. The molecule has 1 aliphatic carbocycles. The number of nitrogens with two attached hydrogens (primary N) is 1. The highest BCUT2D eigenvalue weighted by Crippen LogP contribution is 2.28. The van der Waals surface area contributed by atoms with Crippen molar-refractivity contribution in [3.05, 3.63) is 35.4 Å². The molecule has 4 heteroatoms. The van der Waals surface area contributed by atoms with Gasteiger partial charge in [0, 0.05) is 19.7 Å². The summed E-state index contributed by atoms with van der Waals surface area (Å²) >= 11 is 0. The highest BCUT2D eigenvalue weighted by molar-refractivity contribution is 5.83. The van der Waals surface area contributed by atoms with Crippen molar-refractivity contribution < 1.29 is 9.53 Å². The van der Waals surface area contributed by atoms with Crippen LogP contribution in [0.2, 0.25) is 0 Å². The Morgan fingerprint density at radius 3 is 2.58 bits per heavy atom. The Morgan fingerprint density at radius 2 is 2.05 bits per heavy atom. The molecule has 19 heavy (non-hydrogen) atoms. The van der Waals surface area contributed by atoms with Crippen molar-refractivity contribution in [2.45, 2.75) is 31.8 Å². The number of carbonyl (C=O) groups is 1. The summed E-state index contributed by atoms with van der Waals surface area (Å²) in [5.74, 6) is 0.00315. The van der Waals surface area contributed by atoms with E-state index in [2.05, 4.69) is 0 Å². The molecule has 1 fully saturated rings. The van der Waals surface area contributed by atoms with Crippen LogP contribution in [0.1, 0.15) is 30.0 Å². The molecule has 0 bridgehead atoms. The van der Waals surface area contributed by atoms with Crippen LogP contribution >= 0.6 is 0 Å². The van der Waals surface area contributed by atoms with Crippen LogP contribution in [-0.4, -0.2) is 37.1 Å². The van der Waals surface area contributed by atoms with E-state index in [0.29, 0.717) is 19.2 Å². The van der Waals surface area contributed by atoms with E-state index >= 15 is 0 Å². The van der Waals surface area contributed by atoms with Crippen LogP contribution in [0, 0.1) is 6.92 Å². The fraction of sp³-hybridized carbons (Fsp3) is 0.533. The van der Waals surface area contributed by atoms with Gasteiger partial charge in [0.2, 0.25) is 5.91 Å². The Morgan fingerprint density at radius 1 is 1.42 bits per heavy atom. The van der Waals surface area contributed by atoms with Gasteiger partial charge in [-0.25, -0.2) is 0 Å². The zero-order valence-corrected chi connectivity index (χ0v) is 11.6. The Kier molecular flexibility index (Phi) is 4.56. The molecule has 0 aromatic heterocycles. The minimum absolute atomic E-state index is 0.00315. The molecule has 0 heterocycles. The number of benzene rings is 1. The van der Waals surface area contributed by atoms with Gasteiger partial charge in [-0.1, -0.05) is 29.8 Å². The standard InChI is InChI=1S/C15H22N2O2/c1-11-3-5-12(6-4-11)14(16)15(18)17(9-10-19-2)13-7-8-13/h3-6,13-14H,7-10,16H2,1-2H3. The summed E-state index contributed by atoms with van der Waals surface area (Å²) in [6, 6.07) is 7.62. The largest absolute Gasteiger partial charge is 0.383 e. The summed E-state index contributed by atoms with van der Waals surface area (Å²) in [6.45, 7) is 3.20. The SMILES string of the molecule is COCCN(C(=O)C(N)c1ccc(C)cc1)C1CC1. The average molecular weight is 262 g/mol. The van der Waals surface area contributed by atoms with Crippen molar-refractivity contribution in [1.82, 2.24) is 4.90 Å². The van der Waals surface area contributed by atoms with Gasteiger partial charge in [0.15, 0.2) is 0 Å². The van der Waals surface area contributed by atoms with Crippen molar-refractivity contribution in [2.75, 3.05) is 20.3 Å². The number of aryl methyl sites for hydroxylation is 1. The summed E-state index contributed by atoms with van der Waals surface area (Å²) in [4.78, 5) is 14.3. The van der Waals surface area contributed by atoms with Crippen molar-refractivity contribution >= 4 is 5.91 Å². The molecule has 0 saturated heterocycles. The second kappa shape index (κ2) is 6.17. The van der Waals surface area contributed by atoms with E-state index in [9.17, 15) is 4.79 Å². The van der Waals surface area contributed by atoms with Crippen molar-refractivity contribution in [1.29, 1.82) is 0 Å². The number of hydrogen-bond donors (Lipinski definition) is 1. The van der Waals surface area contributed by atoms with E-state index in [4.69, 9.17) is 10.5 Å². The number of hydrogen-bond acceptors (Lipinski definition) is 3. The van der Waals surface area contributed by atoms with Gasteiger partial charge in [-0.15, -0.1) is 0 Å². The topological polar surface area (TPSA) is 55.6 Å². The van der Waals surface area contributed by atoms with E-state index in [-0.39, 0.29) is 5.91 Å². The first-order valence-electron chi connectivity index (χ1n) is 6.75. The smallest absolute Gasteiger partial charge is 0.244 e. The lowest BCUT2D eigenvalue weighted by molar-refractivity contribution is -0.134. The maximum Gasteiger partial charge on any atom is 0.244 e. The Hall–Kier alpha value is -1.39. The van der Waals surface area contributed by atoms with Crippen LogP contribution in [-0.2, 0) is 9.53 Å². The molecule has 1 atom stereocenters. The van der Waals surface area contributed by atoms with Gasteiger partial charge in [-0.3, -0.25) is 4.79 Å². The fourth-order valence-corrected chi connectivity index (χ4v) is 2.14. The third-order valence-corrected chi connectivity index (χ3v) is 3.51. The van der Waals surface area contributed by atoms with Gasteiger partial charge in [0.25, 0.3) is 0 Å². The first-order valence-corrected chi connectivity index (χ1v) is 6.75. The molecular weight excluding hydrogens is 240 g/mol. The van der Waals surface area contributed by atoms with Crippen molar-refractivity contribution in [2.24, 2.45) is 5.73 Å². The molecule has 1 aromatic carbocycles. The molecule has 104 valence electrons. The summed E-state index contributed by atoms with van der Waals surface area (Å²) in [7, 11) is 1.65. The van der Waals surface area contributed by atoms with Gasteiger partial charge in [-0.2, -0.15) is 0 Å². The highest BCUT2D eigenvalue weighted by Gasteiger charge is 2.34. The Bertz CT molecular complexity index is 426. The number of carbonyl (C=O) groups excluding carboxylic acids is 1. The number of amides is 1. The van der Waals surface area contributed by atoms with E-state index in [1.54, 1.807) is 7.11 Å². The molecule has 1 aliphatic rings. The van der Waals surface area contributed by atoms with Crippen LogP contribution in [0.5, 0.6) is 0 Å². The lowest BCUT2D eigenvalue weighted by atomic mass is 10.0. The molecule has 1 unspecified atom stereocenters. The summed E-state index contributed by atoms with van der Waals surface area (Å²) < 4.78 is 5.07. The highest BCUT2D eigenvalue weighted by atomic mass is 16.5. The third-order valence-electron chi connectivity index (χ3n) is 3.51. The number of ether oxygens (including phenoxy) is 1. The molecule has 2 N–H and O–H groups in total. The van der Waals surface area contributed by atoms with Gasteiger partial charge < -0.3 is 15.4 Å². The minimum Gasteiger partial charge on any atom is -0.383 e. The van der Waals surface area contributed by atoms with Crippen LogP contribution < -0.4 is 5.73 Å². The van der Waals surface area contributed by atoms with E-state index in [1.165, 1.54) is 5.56 Å². The number of rotatable bonds is 6. The van der Waals surface area contributed by atoms with Gasteiger partial charge in [0.1, 0.15) is 6.04 Å². The first-order chi connectivity index (χ1) is 9.13. The molecule has 1 saturated carbocycles. The predicted octanol–water partition coefficient (Wildman–Crippen LogP) is 1.63. The van der Waals surface area contributed by atoms with Crippen molar-refractivity contribution in [3.63, 3.8) is 0 Å². The Labute approximate surface area is 114 Å². The molecule has 1 amide bonds. The number of methoxy groups -OCH3 is 1. The molecule has 0 aliphatic heterocycles.